The van der Waals surface area contributed by atoms with Gasteiger partial charge in [-0.05, 0) is 12.1 Å². The van der Waals surface area contributed by atoms with Gasteiger partial charge >= 0.3 is 6.18 Å². The van der Waals surface area contributed by atoms with Crippen LogP contribution in [0.2, 0.25) is 0 Å². The molecule has 0 saturated heterocycles. The molecule has 0 bridgehead atoms. The third kappa shape index (κ3) is 3.78. The second-order valence-corrected chi connectivity index (χ2v) is 5.69. The summed E-state index contributed by atoms with van der Waals surface area (Å²) < 4.78 is 62.2. The molecule has 1 aromatic heterocycles. The van der Waals surface area contributed by atoms with E-state index in [-0.39, 0.29) is 18.0 Å². The highest BCUT2D eigenvalue weighted by Gasteiger charge is 2.33. The van der Waals surface area contributed by atoms with Gasteiger partial charge in [0, 0.05) is 19.3 Å². The van der Waals surface area contributed by atoms with Crippen molar-refractivity contribution in [2.45, 2.75) is 11.1 Å². The number of aliphatic hydroxyl groups excluding tert-OH is 1. The standard InChI is InChI=1S/C11H13F3N2O3S/c1-2-5-16(6-7-17)20(18,19)9-3-4-10(15-8-9)11(12,13)14/h2-4,8,17H,1,5-7H2. The Labute approximate surface area is 114 Å². The van der Waals surface area contributed by atoms with Crippen molar-refractivity contribution >= 4 is 10.0 Å². The molecule has 0 aliphatic heterocycles. The Bertz CT molecular complexity index is 555. The van der Waals surface area contributed by atoms with Gasteiger partial charge in [-0.3, -0.25) is 4.98 Å². The molecular weight excluding hydrogens is 297 g/mol. The number of aromatic nitrogens is 1. The summed E-state index contributed by atoms with van der Waals surface area (Å²) in [6.07, 6.45) is -2.68. The van der Waals surface area contributed by atoms with E-state index in [1.165, 1.54) is 6.08 Å². The van der Waals surface area contributed by atoms with Crippen LogP contribution in [-0.4, -0.2) is 42.5 Å². The molecule has 0 aromatic carbocycles. The van der Waals surface area contributed by atoms with Crippen LogP contribution in [0.5, 0.6) is 0 Å². The Hall–Kier alpha value is -1.45. The maximum atomic E-state index is 12.3. The first-order valence-electron chi connectivity index (χ1n) is 5.48. The van der Waals surface area contributed by atoms with E-state index in [1.54, 1.807) is 0 Å². The molecule has 1 N–H and O–H groups in total. The van der Waals surface area contributed by atoms with Gasteiger partial charge in [0.1, 0.15) is 10.6 Å². The summed E-state index contributed by atoms with van der Waals surface area (Å²) in [5.74, 6) is 0. The molecule has 5 nitrogen and oxygen atoms in total. The number of rotatable bonds is 6. The lowest BCUT2D eigenvalue weighted by Crippen LogP contribution is -2.33. The van der Waals surface area contributed by atoms with E-state index >= 15 is 0 Å². The first kappa shape index (κ1) is 16.6. The third-order valence-corrected chi connectivity index (χ3v) is 4.20. The summed E-state index contributed by atoms with van der Waals surface area (Å²) in [6.45, 7) is 2.72. The average molecular weight is 310 g/mol. The molecule has 0 atom stereocenters. The van der Waals surface area contributed by atoms with Crippen molar-refractivity contribution in [2.24, 2.45) is 0 Å². The molecule has 0 saturated carbocycles. The number of aliphatic hydroxyl groups is 1. The smallest absolute Gasteiger partial charge is 0.395 e. The molecule has 0 aliphatic carbocycles. The van der Waals surface area contributed by atoms with E-state index in [9.17, 15) is 21.6 Å². The second-order valence-electron chi connectivity index (χ2n) is 3.75. The fourth-order valence-electron chi connectivity index (χ4n) is 1.41. The maximum absolute atomic E-state index is 12.3. The number of halogens is 3. The summed E-state index contributed by atoms with van der Waals surface area (Å²) in [7, 11) is -4.02. The van der Waals surface area contributed by atoms with Crippen LogP contribution >= 0.6 is 0 Å². The minimum Gasteiger partial charge on any atom is -0.395 e. The minimum absolute atomic E-state index is 0.0656. The van der Waals surface area contributed by atoms with Gasteiger partial charge in [-0.2, -0.15) is 17.5 Å². The number of hydrogen-bond donors (Lipinski definition) is 1. The highest BCUT2D eigenvalue weighted by atomic mass is 32.2. The average Bonchev–Trinajstić information content (AvgIpc) is 2.37. The molecule has 0 unspecified atom stereocenters. The van der Waals surface area contributed by atoms with Gasteiger partial charge in [-0.25, -0.2) is 8.42 Å². The van der Waals surface area contributed by atoms with Crippen LogP contribution in [0.3, 0.4) is 0 Å². The van der Waals surface area contributed by atoms with Crippen molar-refractivity contribution in [2.75, 3.05) is 19.7 Å². The summed E-state index contributed by atoms with van der Waals surface area (Å²) in [6, 6.07) is 1.43. The first-order chi connectivity index (χ1) is 9.23. The zero-order valence-electron chi connectivity index (χ0n) is 10.3. The molecule has 1 aromatic rings. The lowest BCUT2D eigenvalue weighted by molar-refractivity contribution is -0.141. The fraction of sp³-hybridized carbons (Fsp3) is 0.364. The topological polar surface area (TPSA) is 70.5 Å². The van der Waals surface area contributed by atoms with Crippen molar-refractivity contribution in [3.05, 3.63) is 36.7 Å². The number of sulfonamides is 1. The Morgan fingerprint density at radius 2 is 2.05 bits per heavy atom. The Morgan fingerprint density at radius 3 is 2.45 bits per heavy atom. The van der Waals surface area contributed by atoms with Crippen molar-refractivity contribution in [3.8, 4) is 0 Å². The van der Waals surface area contributed by atoms with E-state index < -0.39 is 28.5 Å². The van der Waals surface area contributed by atoms with Gasteiger partial charge < -0.3 is 5.11 Å². The largest absolute Gasteiger partial charge is 0.433 e. The minimum atomic E-state index is -4.63. The van der Waals surface area contributed by atoms with Crippen LogP contribution in [0.1, 0.15) is 5.69 Å². The fourth-order valence-corrected chi connectivity index (χ4v) is 2.76. The van der Waals surface area contributed by atoms with Crippen LogP contribution in [-0.2, 0) is 16.2 Å². The first-order valence-corrected chi connectivity index (χ1v) is 6.92. The van der Waals surface area contributed by atoms with Crippen molar-refractivity contribution < 1.29 is 26.7 Å². The lowest BCUT2D eigenvalue weighted by Gasteiger charge is -2.19. The van der Waals surface area contributed by atoms with Crippen LogP contribution in [0.15, 0.2) is 35.9 Å². The van der Waals surface area contributed by atoms with Crippen molar-refractivity contribution in [3.63, 3.8) is 0 Å². The van der Waals surface area contributed by atoms with Gasteiger partial charge in [0.15, 0.2) is 0 Å². The van der Waals surface area contributed by atoms with E-state index in [0.717, 1.165) is 10.4 Å². The molecule has 0 spiro atoms. The SMILES string of the molecule is C=CCN(CCO)S(=O)(=O)c1ccc(C(F)(F)F)nc1. The summed E-state index contributed by atoms with van der Waals surface area (Å²) >= 11 is 0. The number of nitrogens with zero attached hydrogens (tertiary/aromatic N) is 2. The predicted octanol–water partition coefficient (Wildman–Crippen LogP) is 1.27. The van der Waals surface area contributed by atoms with E-state index in [0.29, 0.717) is 12.3 Å². The Balaban J connectivity index is 3.11. The van der Waals surface area contributed by atoms with E-state index in [4.69, 9.17) is 5.11 Å². The molecule has 0 radical (unpaired) electrons. The molecule has 0 fully saturated rings. The van der Waals surface area contributed by atoms with Gasteiger partial charge in [0.05, 0.1) is 6.61 Å². The van der Waals surface area contributed by atoms with Crippen molar-refractivity contribution in [1.82, 2.24) is 9.29 Å². The highest BCUT2D eigenvalue weighted by Crippen LogP contribution is 2.28. The zero-order valence-corrected chi connectivity index (χ0v) is 11.2. The molecule has 1 rings (SSSR count). The van der Waals surface area contributed by atoms with Crippen LogP contribution < -0.4 is 0 Å². The zero-order chi connectivity index (χ0) is 15.4. The number of hydrogen-bond acceptors (Lipinski definition) is 4. The molecule has 112 valence electrons. The lowest BCUT2D eigenvalue weighted by atomic mass is 10.3. The second kappa shape index (κ2) is 6.33. The predicted molar refractivity (Wildman–Crippen MR) is 65.3 cm³/mol. The molecular formula is C11H13F3N2O3S. The summed E-state index contributed by atoms with van der Waals surface area (Å²) in [5.41, 5.74) is -1.17. The van der Waals surface area contributed by atoms with Crippen molar-refractivity contribution in [1.29, 1.82) is 0 Å². The quantitative estimate of drug-likeness (QED) is 0.803. The van der Waals surface area contributed by atoms with Crippen LogP contribution in [0.4, 0.5) is 13.2 Å². The summed E-state index contributed by atoms with van der Waals surface area (Å²) in [4.78, 5) is 2.73. The van der Waals surface area contributed by atoms with E-state index in [2.05, 4.69) is 11.6 Å². The third-order valence-electron chi connectivity index (χ3n) is 2.35. The Kier molecular flexibility index (Phi) is 5.26. The highest BCUT2D eigenvalue weighted by molar-refractivity contribution is 7.89. The summed E-state index contributed by atoms with van der Waals surface area (Å²) in [5, 5.41) is 8.82. The number of pyridine rings is 1. The Morgan fingerprint density at radius 1 is 1.40 bits per heavy atom. The van der Waals surface area contributed by atoms with Gasteiger partial charge in [-0.15, -0.1) is 6.58 Å². The number of alkyl halides is 3. The monoisotopic (exact) mass is 310 g/mol. The maximum Gasteiger partial charge on any atom is 0.433 e. The molecule has 1 heterocycles. The van der Waals surface area contributed by atoms with Crippen LogP contribution in [0.25, 0.3) is 0 Å². The van der Waals surface area contributed by atoms with Gasteiger partial charge in [0.2, 0.25) is 10.0 Å². The van der Waals surface area contributed by atoms with Gasteiger partial charge in [0.25, 0.3) is 0 Å². The van der Waals surface area contributed by atoms with E-state index in [1.807, 2.05) is 0 Å². The molecule has 0 amide bonds. The molecule has 9 heteroatoms. The molecule has 0 aliphatic rings. The van der Waals surface area contributed by atoms with Crippen LogP contribution in [0, 0.1) is 0 Å². The normalized spacial score (nSPS) is 12.7. The van der Waals surface area contributed by atoms with Gasteiger partial charge in [-0.1, -0.05) is 6.08 Å². The molecule has 20 heavy (non-hydrogen) atoms.